The molecule has 3 N–H and O–H groups in total. The van der Waals surface area contributed by atoms with Gasteiger partial charge in [-0.3, -0.25) is 4.79 Å². The van der Waals surface area contributed by atoms with Crippen LogP contribution in [0.4, 0.5) is 5.69 Å². The Morgan fingerprint density at radius 3 is 2.91 bits per heavy atom. The van der Waals surface area contributed by atoms with E-state index in [1.165, 1.54) is 6.21 Å². The van der Waals surface area contributed by atoms with Gasteiger partial charge < -0.3 is 10.4 Å². The SMILES string of the molecule is Cc1cccc(NCC(=O)N/N=C/c2cc(Br)ccc2O)c1. The van der Waals surface area contributed by atoms with Crippen LogP contribution in [0.1, 0.15) is 11.1 Å². The van der Waals surface area contributed by atoms with Crippen molar-refractivity contribution in [2.75, 3.05) is 11.9 Å². The van der Waals surface area contributed by atoms with Crippen molar-refractivity contribution in [3.63, 3.8) is 0 Å². The Morgan fingerprint density at radius 1 is 1.32 bits per heavy atom. The molecule has 2 aromatic rings. The molecule has 1 amide bonds. The number of phenols is 1. The highest BCUT2D eigenvalue weighted by Gasteiger charge is 2.01. The van der Waals surface area contributed by atoms with Gasteiger partial charge in [-0.2, -0.15) is 5.10 Å². The fourth-order valence-corrected chi connectivity index (χ4v) is 2.16. The summed E-state index contributed by atoms with van der Waals surface area (Å²) in [5.41, 5.74) is 4.92. The lowest BCUT2D eigenvalue weighted by molar-refractivity contribution is -0.119. The topological polar surface area (TPSA) is 73.7 Å². The monoisotopic (exact) mass is 361 g/mol. The number of aromatic hydroxyl groups is 1. The Kier molecular flexibility index (Phi) is 5.55. The largest absolute Gasteiger partial charge is 0.507 e. The zero-order chi connectivity index (χ0) is 15.9. The summed E-state index contributed by atoms with van der Waals surface area (Å²) in [6, 6.07) is 12.7. The Morgan fingerprint density at radius 2 is 2.14 bits per heavy atom. The van der Waals surface area contributed by atoms with Gasteiger partial charge in [0.25, 0.3) is 5.91 Å². The zero-order valence-electron chi connectivity index (χ0n) is 12.0. The number of aryl methyl sites for hydroxylation is 1. The van der Waals surface area contributed by atoms with Gasteiger partial charge >= 0.3 is 0 Å². The summed E-state index contributed by atoms with van der Waals surface area (Å²) < 4.78 is 0.819. The molecule has 6 heteroatoms. The molecule has 0 aromatic heterocycles. The number of hydrazone groups is 1. The van der Waals surface area contributed by atoms with Gasteiger partial charge in [-0.05, 0) is 42.8 Å². The van der Waals surface area contributed by atoms with Gasteiger partial charge in [0, 0.05) is 15.7 Å². The second-order valence-corrected chi connectivity index (χ2v) is 5.64. The summed E-state index contributed by atoms with van der Waals surface area (Å²) in [4.78, 5) is 11.7. The average Bonchev–Trinajstić information content (AvgIpc) is 2.49. The molecule has 0 aliphatic carbocycles. The highest BCUT2D eigenvalue weighted by atomic mass is 79.9. The Balaban J connectivity index is 1.85. The van der Waals surface area contributed by atoms with E-state index >= 15 is 0 Å². The van der Waals surface area contributed by atoms with Crippen LogP contribution >= 0.6 is 15.9 Å². The maximum absolute atomic E-state index is 11.7. The summed E-state index contributed by atoms with van der Waals surface area (Å²) in [5.74, 6) is -0.175. The number of hydrogen-bond acceptors (Lipinski definition) is 4. The highest BCUT2D eigenvalue weighted by Crippen LogP contribution is 2.19. The Hall–Kier alpha value is -2.34. The van der Waals surface area contributed by atoms with Gasteiger partial charge in [0.2, 0.25) is 0 Å². The standard InChI is InChI=1S/C16H16BrN3O2/c1-11-3-2-4-14(7-11)18-10-16(22)20-19-9-12-8-13(17)5-6-15(12)21/h2-9,18,21H,10H2,1H3,(H,20,22)/b19-9+. The van der Waals surface area contributed by atoms with Crippen molar-refractivity contribution in [3.05, 3.63) is 58.1 Å². The maximum Gasteiger partial charge on any atom is 0.259 e. The molecule has 2 rings (SSSR count). The molecule has 0 saturated heterocycles. The molecule has 22 heavy (non-hydrogen) atoms. The summed E-state index contributed by atoms with van der Waals surface area (Å²) >= 11 is 3.30. The van der Waals surface area contributed by atoms with Crippen LogP contribution in [-0.2, 0) is 4.79 Å². The molecule has 0 saturated carbocycles. The van der Waals surface area contributed by atoms with Gasteiger partial charge in [-0.15, -0.1) is 0 Å². The number of hydrogen-bond donors (Lipinski definition) is 3. The number of rotatable bonds is 5. The number of amides is 1. The van der Waals surface area contributed by atoms with E-state index in [1.54, 1.807) is 18.2 Å². The minimum atomic E-state index is -0.271. The molecule has 2 aromatic carbocycles. The normalized spacial score (nSPS) is 10.6. The van der Waals surface area contributed by atoms with E-state index in [2.05, 4.69) is 31.8 Å². The Bertz CT molecular complexity index is 702. The molecule has 0 atom stereocenters. The molecule has 0 aliphatic rings. The van der Waals surface area contributed by atoms with Crippen molar-refractivity contribution in [2.24, 2.45) is 5.10 Å². The predicted molar refractivity (Wildman–Crippen MR) is 91.2 cm³/mol. The minimum Gasteiger partial charge on any atom is -0.507 e. The smallest absolute Gasteiger partial charge is 0.259 e. The molecule has 5 nitrogen and oxygen atoms in total. The van der Waals surface area contributed by atoms with E-state index in [4.69, 9.17) is 0 Å². The van der Waals surface area contributed by atoms with Crippen molar-refractivity contribution in [3.8, 4) is 5.75 Å². The van der Waals surface area contributed by atoms with E-state index in [0.29, 0.717) is 5.56 Å². The van der Waals surface area contributed by atoms with Crippen LogP contribution in [0.15, 0.2) is 52.0 Å². The van der Waals surface area contributed by atoms with Crippen molar-refractivity contribution < 1.29 is 9.90 Å². The van der Waals surface area contributed by atoms with Crippen LogP contribution in [0, 0.1) is 6.92 Å². The quantitative estimate of drug-likeness (QED) is 0.566. The zero-order valence-corrected chi connectivity index (χ0v) is 13.6. The van der Waals surface area contributed by atoms with Gasteiger partial charge in [0.15, 0.2) is 0 Å². The van der Waals surface area contributed by atoms with Crippen LogP contribution in [0.25, 0.3) is 0 Å². The molecule has 0 unspecified atom stereocenters. The summed E-state index contributed by atoms with van der Waals surface area (Å²) in [6.45, 7) is 2.10. The lowest BCUT2D eigenvalue weighted by Crippen LogP contribution is -2.25. The van der Waals surface area contributed by atoms with Gasteiger partial charge in [-0.25, -0.2) is 5.43 Å². The molecule has 0 bridgehead atoms. The summed E-state index contributed by atoms with van der Waals surface area (Å²) in [6.07, 6.45) is 1.39. The van der Waals surface area contributed by atoms with Gasteiger partial charge in [-0.1, -0.05) is 28.1 Å². The Labute approximate surface area is 137 Å². The molecular weight excluding hydrogens is 346 g/mol. The van der Waals surface area contributed by atoms with Crippen molar-refractivity contribution in [2.45, 2.75) is 6.92 Å². The number of phenolic OH excluding ortho intramolecular Hbond substituents is 1. The minimum absolute atomic E-state index is 0.0964. The van der Waals surface area contributed by atoms with Crippen molar-refractivity contribution >= 4 is 33.7 Å². The fraction of sp³-hybridized carbons (Fsp3) is 0.125. The molecule has 0 aliphatic heterocycles. The number of halogens is 1. The lowest BCUT2D eigenvalue weighted by atomic mass is 10.2. The number of anilines is 1. The molecule has 0 spiro atoms. The molecule has 0 heterocycles. The van der Waals surface area contributed by atoms with Gasteiger partial charge in [0.05, 0.1) is 12.8 Å². The van der Waals surface area contributed by atoms with Crippen molar-refractivity contribution in [1.29, 1.82) is 0 Å². The molecule has 114 valence electrons. The van der Waals surface area contributed by atoms with E-state index < -0.39 is 0 Å². The summed E-state index contributed by atoms with van der Waals surface area (Å²) in [5, 5.41) is 16.5. The fourth-order valence-electron chi connectivity index (χ4n) is 1.78. The average molecular weight is 362 g/mol. The number of nitrogens with zero attached hydrogens (tertiary/aromatic N) is 1. The first kappa shape index (κ1) is 16.0. The maximum atomic E-state index is 11.7. The van der Waals surface area contributed by atoms with Crippen molar-refractivity contribution in [1.82, 2.24) is 5.43 Å². The second-order valence-electron chi connectivity index (χ2n) is 4.72. The number of carbonyl (C=O) groups excluding carboxylic acids is 1. The second kappa shape index (κ2) is 7.61. The van der Waals surface area contributed by atoms with E-state index in [1.807, 2.05) is 31.2 Å². The summed E-state index contributed by atoms with van der Waals surface area (Å²) in [7, 11) is 0. The molecule has 0 radical (unpaired) electrons. The van der Waals surface area contributed by atoms with E-state index in [0.717, 1.165) is 15.7 Å². The number of benzene rings is 2. The van der Waals surface area contributed by atoms with Crippen LogP contribution in [0.2, 0.25) is 0 Å². The number of nitrogens with one attached hydrogen (secondary N) is 2. The first-order valence-corrected chi connectivity index (χ1v) is 7.45. The lowest BCUT2D eigenvalue weighted by Gasteiger charge is -2.06. The van der Waals surface area contributed by atoms with Crippen LogP contribution in [0.5, 0.6) is 5.75 Å². The van der Waals surface area contributed by atoms with Gasteiger partial charge in [0.1, 0.15) is 5.75 Å². The van der Waals surface area contributed by atoms with Crippen LogP contribution in [0.3, 0.4) is 0 Å². The van der Waals surface area contributed by atoms with E-state index in [9.17, 15) is 9.90 Å². The third-order valence-corrected chi connectivity index (χ3v) is 3.35. The third kappa shape index (κ3) is 4.89. The molecular formula is C16H16BrN3O2. The highest BCUT2D eigenvalue weighted by molar-refractivity contribution is 9.10. The first-order valence-electron chi connectivity index (χ1n) is 6.65. The number of carbonyl (C=O) groups is 1. The van der Waals surface area contributed by atoms with Crippen LogP contribution in [-0.4, -0.2) is 23.8 Å². The third-order valence-electron chi connectivity index (χ3n) is 2.85. The predicted octanol–water partition coefficient (Wildman–Crippen LogP) is 3.03. The van der Waals surface area contributed by atoms with Crippen LogP contribution < -0.4 is 10.7 Å². The van der Waals surface area contributed by atoms with E-state index in [-0.39, 0.29) is 18.2 Å². The molecule has 0 fully saturated rings. The first-order chi connectivity index (χ1) is 10.5.